The molecule has 1 aromatic carbocycles. The first-order valence-electron chi connectivity index (χ1n) is 13.4. The van der Waals surface area contributed by atoms with Crippen LogP contribution in [0, 0.1) is 0 Å². The lowest BCUT2D eigenvalue weighted by Crippen LogP contribution is -2.54. The molecule has 2 fully saturated rings. The lowest BCUT2D eigenvalue weighted by molar-refractivity contribution is 0.0472. The number of likely N-dealkylation sites (N-methyl/N-ethyl adjacent to an activating group) is 1. The van der Waals surface area contributed by atoms with Crippen LogP contribution >= 0.6 is 0 Å². The lowest BCUT2D eigenvalue weighted by Gasteiger charge is -2.40. The number of amides is 1. The number of para-hydroxylation sites is 2. The molecule has 13 heteroatoms. The Morgan fingerprint density at radius 1 is 1.18 bits per heavy atom. The predicted molar refractivity (Wildman–Crippen MR) is 146 cm³/mol. The summed E-state index contributed by atoms with van der Waals surface area (Å²) < 4.78 is 31.1. The molecular weight excluding hydrogens is 522 g/mol. The standard InChI is InChI=1S/C26H37N7O5S/c1-17(2)32-22-7-5-6-8-23(22)33(26(32)36)25(35)28-18-11-19-9-10-20(12-18)31(19)14-21(34)13-30(4)39(37,38)24-15-29(3)16-27-24/h5-8,15-21,34H,9-14H2,1-4H3,(H,28,35)/t18?,19?,20?,21-/m0/s1. The Bertz CT molecular complexity index is 1510. The summed E-state index contributed by atoms with van der Waals surface area (Å²) in [5.74, 6) is 0. The molecule has 3 aromatic rings. The van der Waals surface area contributed by atoms with Crippen molar-refractivity contribution in [3.63, 3.8) is 0 Å². The smallest absolute Gasteiger partial charge is 0.337 e. The van der Waals surface area contributed by atoms with Crippen LogP contribution in [0.15, 0.2) is 46.6 Å². The van der Waals surface area contributed by atoms with Crippen LogP contribution in [0.5, 0.6) is 0 Å². The molecule has 212 valence electrons. The number of piperidine rings is 1. The highest BCUT2D eigenvalue weighted by Crippen LogP contribution is 2.36. The van der Waals surface area contributed by atoms with E-state index in [1.807, 2.05) is 32.0 Å². The van der Waals surface area contributed by atoms with Crippen LogP contribution in [0.2, 0.25) is 0 Å². The van der Waals surface area contributed by atoms with Crippen LogP contribution in [0.25, 0.3) is 11.0 Å². The third-order valence-corrected chi connectivity index (χ3v) is 9.67. The first-order valence-corrected chi connectivity index (χ1v) is 14.8. The number of aryl methyl sites for hydroxylation is 1. The summed E-state index contributed by atoms with van der Waals surface area (Å²) in [7, 11) is -0.646. The average molecular weight is 560 g/mol. The number of carbonyl (C=O) groups is 1. The van der Waals surface area contributed by atoms with Crippen LogP contribution < -0.4 is 11.0 Å². The van der Waals surface area contributed by atoms with Crippen LogP contribution in [-0.2, 0) is 17.1 Å². The third kappa shape index (κ3) is 5.15. The fourth-order valence-electron chi connectivity index (χ4n) is 6.17. The monoisotopic (exact) mass is 559 g/mol. The maximum atomic E-state index is 13.3. The number of nitrogens with zero attached hydrogens (tertiary/aromatic N) is 6. The van der Waals surface area contributed by atoms with Gasteiger partial charge in [-0.2, -0.15) is 4.31 Å². The number of carbonyl (C=O) groups excluding carboxylic acids is 1. The second-order valence-electron chi connectivity index (χ2n) is 11.1. The highest BCUT2D eigenvalue weighted by molar-refractivity contribution is 7.89. The van der Waals surface area contributed by atoms with Gasteiger partial charge in [0.25, 0.3) is 10.0 Å². The van der Waals surface area contributed by atoms with E-state index in [1.54, 1.807) is 22.2 Å². The number of benzene rings is 1. The molecule has 0 aliphatic carbocycles. The molecule has 0 saturated carbocycles. The van der Waals surface area contributed by atoms with Gasteiger partial charge < -0.3 is 15.0 Å². The van der Waals surface area contributed by atoms with Gasteiger partial charge in [-0.3, -0.25) is 9.47 Å². The predicted octanol–water partition coefficient (Wildman–Crippen LogP) is 1.35. The SMILES string of the molecule is CC(C)n1c(=O)n(C(=O)NC2CC3CCC(C2)N3C[C@@H](O)CN(C)S(=O)(=O)c2cn(C)cn2)c2ccccc21. The molecule has 1 amide bonds. The summed E-state index contributed by atoms with van der Waals surface area (Å²) >= 11 is 0. The van der Waals surface area contributed by atoms with E-state index in [4.69, 9.17) is 0 Å². The van der Waals surface area contributed by atoms with E-state index in [0.717, 1.165) is 22.7 Å². The first kappa shape index (κ1) is 27.6. The zero-order chi connectivity index (χ0) is 28.1. The van der Waals surface area contributed by atoms with Gasteiger partial charge in [-0.25, -0.2) is 27.6 Å². The number of nitrogens with one attached hydrogen (secondary N) is 1. The summed E-state index contributed by atoms with van der Waals surface area (Å²) in [5.41, 5.74) is 0.963. The number of aromatic nitrogens is 4. The van der Waals surface area contributed by atoms with E-state index in [1.165, 1.54) is 24.1 Å². The number of fused-ring (bicyclic) bond motifs is 3. The molecule has 12 nitrogen and oxygen atoms in total. The Kier molecular flexibility index (Phi) is 7.44. The second-order valence-corrected chi connectivity index (χ2v) is 13.1. The second kappa shape index (κ2) is 10.5. The van der Waals surface area contributed by atoms with Crippen molar-refractivity contribution in [3.05, 3.63) is 47.3 Å². The largest absolute Gasteiger partial charge is 0.390 e. The van der Waals surface area contributed by atoms with Crippen molar-refractivity contribution in [1.29, 1.82) is 0 Å². The summed E-state index contributed by atoms with van der Waals surface area (Å²) in [6, 6.07) is 7.04. The Labute approximate surface area is 227 Å². The molecule has 2 saturated heterocycles. The van der Waals surface area contributed by atoms with Gasteiger partial charge in [0, 0.05) is 57.5 Å². The van der Waals surface area contributed by atoms with Gasteiger partial charge >= 0.3 is 11.7 Å². The molecule has 3 atom stereocenters. The maximum Gasteiger partial charge on any atom is 0.337 e. The molecule has 0 spiro atoms. The quantitative estimate of drug-likeness (QED) is 0.425. The Morgan fingerprint density at radius 3 is 2.41 bits per heavy atom. The molecule has 2 aliphatic rings. The molecule has 39 heavy (non-hydrogen) atoms. The molecule has 0 radical (unpaired) electrons. The number of aliphatic hydroxyl groups excluding tert-OH is 1. The van der Waals surface area contributed by atoms with Gasteiger partial charge in [0.2, 0.25) is 0 Å². The Hall–Kier alpha value is -3.00. The fraction of sp³-hybridized carbons (Fsp3) is 0.577. The Morgan fingerprint density at radius 2 is 1.82 bits per heavy atom. The van der Waals surface area contributed by atoms with Crippen molar-refractivity contribution in [2.45, 2.75) is 74.8 Å². The van der Waals surface area contributed by atoms with Gasteiger partial charge in [-0.1, -0.05) is 12.1 Å². The lowest BCUT2D eigenvalue weighted by atomic mass is 9.97. The van der Waals surface area contributed by atoms with E-state index in [9.17, 15) is 23.1 Å². The summed E-state index contributed by atoms with van der Waals surface area (Å²) in [5, 5.41) is 13.8. The molecular formula is C26H37N7O5S. The number of sulfonamides is 1. The topological polar surface area (TPSA) is 135 Å². The van der Waals surface area contributed by atoms with Crippen molar-refractivity contribution >= 4 is 27.1 Å². The van der Waals surface area contributed by atoms with E-state index in [-0.39, 0.29) is 41.4 Å². The normalized spacial score (nSPS) is 22.7. The number of imidazole rings is 2. The zero-order valence-corrected chi connectivity index (χ0v) is 23.6. The molecule has 5 rings (SSSR count). The van der Waals surface area contributed by atoms with Crippen molar-refractivity contribution in [2.24, 2.45) is 7.05 Å². The van der Waals surface area contributed by atoms with E-state index < -0.39 is 22.2 Å². The fourth-order valence-corrected chi connectivity index (χ4v) is 7.34. The summed E-state index contributed by atoms with van der Waals surface area (Å²) in [4.78, 5) is 32.7. The highest BCUT2D eigenvalue weighted by atomic mass is 32.2. The van der Waals surface area contributed by atoms with Crippen LogP contribution in [0.1, 0.15) is 45.6 Å². The minimum absolute atomic E-state index is 0.0438. The molecule has 2 N–H and O–H groups in total. The molecule has 2 unspecified atom stereocenters. The van der Waals surface area contributed by atoms with Gasteiger partial charge in [-0.05, 0) is 51.7 Å². The summed E-state index contributed by atoms with van der Waals surface area (Å²) in [6.07, 6.45) is 5.28. The van der Waals surface area contributed by atoms with Crippen LogP contribution in [0.3, 0.4) is 0 Å². The van der Waals surface area contributed by atoms with Gasteiger partial charge in [0.05, 0.1) is 23.5 Å². The van der Waals surface area contributed by atoms with Crippen molar-refractivity contribution in [2.75, 3.05) is 20.1 Å². The molecule has 4 heterocycles. The molecule has 2 aliphatic heterocycles. The third-order valence-electron chi connectivity index (χ3n) is 7.96. The number of aliphatic hydroxyl groups is 1. The average Bonchev–Trinajstić information content (AvgIpc) is 3.50. The van der Waals surface area contributed by atoms with E-state index >= 15 is 0 Å². The minimum atomic E-state index is -3.79. The van der Waals surface area contributed by atoms with Gasteiger partial charge in [-0.15, -0.1) is 0 Å². The van der Waals surface area contributed by atoms with Crippen molar-refractivity contribution < 1.29 is 18.3 Å². The van der Waals surface area contributed by atoms with Crippen LogP contribution in [0.4, 0.5) is 4.79 Å². The van der Waals surface area contributed by atoms with Crippen molar-refractivity contribution in [3.8, 4) is 0 Å². The molecule has 2 bridgehead atoms. The molecule has 2 aromatic heterocycles. The van der Waals surface area contributed by atoms with Crippen LogP contribution in [-0.4, -0.2) is 91.8 Å². The number of hydrogen-bond acceptors (Lipinski definition) is 7. The van der Waals surface area contributed by atoms with E-state index in [0.29, 0.717) is 24.9 Å². The van der Waals surface area contributed by atoms with Gasteiger partial charge in [0.1, 0.15) is 0 Å². The zero-order valence-electron chi connectivity index (χ0n) is 22.8. The summed E-state index contributed by atoms with van der Waals surface area (Å²) in [6.45, 7) is 4.14. The van der Waals surface area contributed by atoms with E-state index in [2.05, 4.69) is 15.2 Å². The first-order chi connectivity index (χ1) is 18.5. The van der Waals surface area contributed by atoms with Crippen molar-refractivity contribution in [1.82, 2.24) is 33.2 Å². The number of hydrogen-bond donors (Lipinski definition) is 2. The maximum absolute atomic E-state index is 13.3. The minimum Gasteiger partial charge on any atom is -0.390 e. The van der Waals surface area contributed by atoms with Gasteiger partial charge in [0.15, 0.2) is 5.03 Å². The Balaban J connectivity index is 1.22. The number of rotatable bonds is 8. The highest BCUT2D eigenvalue weighted by Gasteiger charge is 2.42.